The van der Waals surface area contributed by atoms with Gasteiger partial charge in [-0.2, -0.15) is 0 Å². The highest BCUT2D eigenvalue weighted by molar-refractivity contribution is 5.19. The molecule has 0 aliphatic carbocycles. The molecule has 0 aliphatic heterocycles. The number of hydrogen-bond donors (Lipinski definition) is 1. The first-order chi connectivity index (χ1) is 7.04. The Morgan fingerprint density at radius 1 is 1.13 bits per heavy atom. The Labute approximate surface area is 85.9 Å². The van der Waals surface area contributed by atoms with Crippen LogP contribution in [0.4, 0.5) is 13.2 Å². The van der Waals surface area contributed by atoms with Gasteiger partial charge in [0.1, 0.15) is 5.82 Å². The number of halogens is 3. The lowest BCUT2D eigenvalue weighted by Crippen LogP contribution is -2.22. The van der Waals surface area contributed by atoms with Crippen LogP contribution in [0.2, 0.25) is 0 Å². The molecular weight excluding hydrogens is 207 g/mol. The van der Waals surface area contributed by atoms with Gasteiger partial charge in [-0.1, -0.05) is 0 Å². The summed E-state index contributed by atoms with van der Waals surface area (Å²) in [5.41, 5.74) is 0.0739. The fourth-order valence-electron chi connectivity index (χ4n) is 1.23. The molecule has 0 radical (unpaired) electrons. The molecule has 0 fully saturated rings. The maximum Gasteiger partial charge on any atom is 0.161 e. The predicted octanol–water partition coefficient (Wildman–Crippen LogP) is 1.53. The highest BCUT2D eigenvalue weighted by Crippen LogP contribution is 2.14. The van der Waals surface area contributed by atoms with E-state index in [2.05, 4.69) is 0 Å². The van der Waals surface area contributed by atoms with Gasteiger partial charge in [0, 0.05) is 24.7 Å². The van der Waals surface area contributed by atoms with Crippen molar-refractivity contribution in [3.05, 3.63) is 35.1 Å². The third-order valence-corrected chi connectivity index (χ3v) is 2.01. The van der Waals surface area contributed by atoms with E-state index in [-0.39, 0.29) is 18.7 Å². The lowest BCUT2D eigenvalue weighted by atomic mass is 10.2. The van der Waals surface area contributed by atoms with Crippen molar-refractivity contribution in [1.82, 2.24) is 4.90 Å². The largest absolute Gasteiger partial charge is 0.395 e. The van der Waals surface area contributed by atoms with E-state index in [0.717, 1.165) is 6.07 Å². The number of nitrogens with zero attached hydrogens (tertiary/aromatic N) is 1. The van der Waals surface area contributed by atoms with Crippen molar-refractivity contribution in [3.63, 3.8) is 0 Å². The van der Waals surface area contributed by atoms with Crippen molar-refractivity contribution in [3.8, 4) is 0 Å². The third kappa shape index (κ3) is 3.21. The zero-order chi connectivity index (χ0) is 11.4. The van der Waals surface area contributed by atoms with Gasteiger partial charge >= 0.3 is 0 Å². The lowest BCUT2D eigenvalue weighted by Gasteiger charge is -2.15. The monoisotopic (exact) mass is 219 g/mol. The summed E-state index contributed by atoms with van der Waals surface area (Å²) in [6.07, 6.45) is 0. The Morgan fingerprint density at radius 3 is 2.33 bits per heavy atom. The first kappa shape index (κ1) is 12.0. The molecule has 84 valence electrons. The highest BCUT2D eigenvalue weighted by atomic mass is 19.2. The van der Waals surface area contributed by atoms with Gasteiger partial charge in [-0.25, -0.2) is 13.2 Å². The quantitative estimate of drug-likeness (QED) is 0.776. The maximum atomic E-state index is 13.1. The Morgan fingerprint density at radius 2 is 1.73 bits per heavy atom. The number of hydrogen-bond acceptors (Lipinski definition) is 2. The zero-order valence-corrected chi connectivity index (χ0v) is 8.30. The molecule has 0 saturated carbocycles. The van der Waals surface area contributed by atoms with Crippen LogP contribution < -0.4 is 0 Å². The molecule has 1 aromatic carbocycles. The second-order valence-corrected chi connectivity index (χ2v) is 3.32. The highest BCUT2D eigenvalue weighted by Gasteiger charge is 2.11. The fraction of sp³-hybridized carbons (Fsp3) is 0.400. The van der Waals surface area contributed by atoms with Crippen LogP contribution in [0, 0.1) is 17.5 Å². The molecule has 1 N–H and O–H groups in total. The summed E-state index contributed by atoms with van der Waals surface area (Å²) in [7, 11) is 1.65. The average Bonchev–Trinajstić information content (AvgIpc) is 2.14. The van der Waals surface area contributed by atoms with Crippen molar-refractivity contribution in [1.29, 1.82) is 0 Å². The molecule has 0 aromatic heterocycles. The smallest absolute Gasteiger partial charge is 0.161 e. The van der Waals surface area contributed by atoms with Gasteiger partial charge in [0.05, 0.1) is 6.61 Å². The summed E-state index contributed by atoms with van der Waals surface area (Å²) in [6.45, 7) is 0.407. The Kier molecular flexibility index (Phi) is 4.11. The van der Waals surface area contributed by atoms with Gasteiger partial charge in [0.15, 0.2) is 11.6 Å². The van der Waals surface area contributed by atoms with Crippen molar-refractivity contribution in [2.24, 2.45) is 0 Å². The van der Waals surface area contributed by atoms with Crippen molar-refractivity contribution >= 4 is 0 Å². The van der Waals surface area contributed by atoms with Gasteiger partial charge in [-0.3, -0.25) is 4.90 Å². The summed E-state index contributed by atoms with van der Waals surface area (Å²) < 4.78 is 38.5. The maximum absolute atomic E-state index is 13.1. The molecule has 0 unspecified atom stereocenters. The summed E-state index contributed by atoms with van der Waals surface area (Å²) in [5.74, 6) is -3.04. The van der Waals surface area contributed by atoms with E-state index in [0.29, 0.717) is 12.6 Å². The van der Waals surface area contributed by atoms with Gasteiger partial charge in [-0.05, 0) is 13.1 Å². The van der Waals surface area contributed by atoms with Crippen LogP contribution in [-0.4, -0.2) is 30.2 Å². The molecule has 1 rings (SSSR count). The number of likely N-dealkylation sites (N-methyl/N-ethyl adjacent to an activating group) is 1. The van der Waals surface area contributed by atoms with Crippen LogP contribution in [-0.2, 0) is 6.54 Å². The van der Waals surface area contributed by atoms with Crippen LogP contribution in [0.5, 0.6) is 0 Å². The van der Waals surface area contributed by atoms with E-state index in [1.807, 2.05) is 0 Å². The van der Waals surface area contributed by atoms with Gasteiger partial charge in [0.2, 0.25) is 0 Å². The molecule has 0 aliphatic rings. The molecular formula is C10H12F3NO. The lowest BCUT2D eigenvalue weighted by molar-refractivity contribution is 0.215. The fourth-order valence-corrected chi connectivity index (χ4v) is 1.23. The van der Waals surface area contributed by atoms with E-state index in [1.165, 1.54) is 0 Å². The molecule has 1 aromatic rings. The van der Waals surface area contributed by atoms with Crippen LogP contribution in [0.15, 0.2) is 12.1 Å². The topological polar surface area (TPSA) is 23.5 Å². The Bertz CT molecular complexity index is 344. The number of rotatable bonds is 4. The zero-order valence-electron chi connectivity index (χ0n) is 8.30. The molecule has 0 bridgehead atoms. The van der Waals surface area contributed by atoms with E-state index >= 15 is 0 Å². The average molecular weight is 219 g/mol. The first-order valence-electron chi connectivity index (χ1n) is 4.47. The van der Waals surface area contributed by atoms with Crippen LogP contribution >= 0.6 is 0 Å². The van der Waals surface area contributed by atoms with Crippen molar-refractivity contribution in [2.45, 2.75) is 6.54 Å². The van der Waals surface area contributed by atoms with E-state index in [9.17, 15) is 13.2 Å². The standard InChI is InChI=1S/C10H12F3NO/c1-14(2-3-15)6-7-4-9(12)10(13)5-8(7)11/h4-5,15H,2-3,6H2,1H3. The van der Waals surface area contributed by atoms with Crippen LogP contribution in [0.1, 0.15) is 5.56 Å². The minimum absolute atomic E-state index is 0.0677. The van der Waals surface area contributed by atoms with Crippen LogP contribution in [0.3, 0.4) is 0 Å². The molecule has 2 nitrogen and oxygen atoms in total. The normalized spacial score (nSPS) is 11.1. The molecule has 0 heterocycles. The third-order valence-electron chi connectivity index (χ3n) is 2.01. The van der Waals surface area contributed by atoms with Gasteiger partial charge in [-0.15, -0.1) is 0 Å². The summed E-state index contributed by atoms with van der Waals surface area (Å²) in [4.78, 5) is 1.61. The molecule has 5 heteroatoms. The molecule has 0 spiro atoms. The van der Waals surface area contributed by atoms with E-state index in [4.69, 9.17) is 5.11 Å². The van der Waals surface area contributed by atoms with Crippen LogP contribution in [0.25, 0.3) is 0 Å². The number of benzene rings is 1. The van der Waals surface area contributed by atoms with Crippen molar-refractivity contribution in [2.75, 3.05) is 20.2 Å². The number of aliphatic hydroxyl groups excluding tert-OH is 1. The minimum Gasteiger partial charge on any atom is -0.395 e. The second kappa shape index (κ2) is 5.14. The van der Waals surface area contributed by atoms with E-state index in [1.54, 1.807) is 11.9 Å². The minimum atomic E-state index is -1.19. The number of aliphatic hydroxyl groups is 1. The Balaban J connectivity index is 2.81. The second-order valence-electron chi connectivity index (χ2n) is 3.32. The molecule has 15 heavy (non-hydrogen) atoms. The molecule has 0 amide bonds. The van der Waals surface area contributed by atoms with Gasteiger partial charge in [0.25, 0.3) is 0 Å². The first-order valence-corrected chi connectivity index (χ1v) is 4.47. The van der Waals surface area contributed by atoms with Gasteiger partial charge < -0.3 is 5.11 Å². The van der Waals surface area contributed by atoms with Crippen molar-refractivity contribution < 1.29 is 18.3 Å². The predicted molar refractivity (Wildman–Crippen MR) is 49.7 cm³/mol. The molecule has 0 saturated heterocycles. The summed E-state index contributed by atoms with van der Waals surface area (Å²) in [6, 6.07) is 1.36. The Hall–Kier alpha value is -1.07. The SMILES string of the molecule is CN(CCO)Cc1cc(F)c(F)cc1F. The molecule has 0 atom stereocenters. The van der Waals surface area contributed by atoms with E-state index < -0.39 is 17.5 Å². The summed E-state index contributed by atoms with van der Waals surface area (Å²) in [5, 5.41) is 8.61. The summed E-state index contributed by atoms with van der Waals surface area (Å²) >= 11 is 0.